The van der Waals surface area contributed by atoms with Crippen LogP contribution in [-0.4, -0.2) is 87.5 Å². The fourth-order valence-electron chi connectivity index (χ4n) is 3.17. The third-order valence-corrected chi connectivity index (χ3v) is 4.50. The summed E-state index contributed by atoms with van der Waals surface area (Å²) in [6.45, 7) is 13.6. The van der Waals surface area contributed by atoms with Gasteiger partial charge in [-0.3, -0.25) is 9.89 Å². The van der Waals surface area contributed by atoms with Gasteiger partial charge in [-0.1, -0.05) is 13.3 Å². The predicted molar refractivity (Wildman–Crippen MR) is 94.1 cm³/mol. The van der Waals surface area contributed by atoms with Crippen molar-refractivity contribution in [2.24, 2.45) is 4.99 Å². The molecule has 134 valence electrons. The number of rotatable bonds is 8. The van der Waals surface area contributed by atoms with Gasteiger partial charge < -0.3 is 19.7 Å². The van der Waals surface area contributed by atoms with Crippen LogP contribution in [0.1, 0.15) is 33.1 Å². The summed E-state index contributed by atoms with van der Waals surface area (Å²) in [6.07, 6.45) is 3.54. The summed E-state index contributed by atoms with van der Waals surface area (Å²) in [7, 11) is 0. The molecular formula is C17H34N4O2. The van der Waals surface area contributed by atoms with E-state index in [2.05, 4.69) is 29.0 Å². The van der Waals surface area contributed by atoms with Gasteiger partial charge in [-0.25, -0.2) is 0 Å². The summed E-state index contributed by atoms with van der Waals surface area (Å²) in [5.41, 5.74) is 0. The third-order valence-electron chi connectivity index (χ3n) is 4.50. The summed E-state index contributed by atoms with van der Waals surface area (Å²) >= 11 is 0. The molecule has 6 nitrogen and oxygen atoms in total. The van der Waals surface area contributed by atoms with Crippen LogP contribution in [0.3, 0.4) is 0 Å². The summed E-state index contributed by atoms with van der Waals surface area (Å²) in [6, 6.07) is 0.642. The van der Waals surface area contributed by atoms with E-state index in [1.807, 2.05) is 0 Å². The number of aliphatic imine (C=N–C) groups is 1. The third kappa shape index (κ3) is 6.28. The van der Waals surface area contributed by atoms with Crippen molar-refractivity contribution in [3.05, 3.63) is 0 Å². The number of nitrogens with one attached hydrogen (secondary N) is 1. The molecule has 0 bridgehead atoms. The molecule has 2 fully saturated rings. The van der Waals surface area contributed by atoms with Crippen molar-refractivity contribution in [3.8, 4) is 0 Å². The van der Waals surface area contributed by atoms with E-state index in [0.717, 1.165) is 78.1 Å². The van der Waals surface area contributed by atoms with E-state index in [9.17, 15) is 0 Å². The molecule has 0 aromatic carbocycles. The van der Waals surface area contributed by atoms with Crippen LogP contribution in [0.25, 0.3) is 0 Å². The first-order valence-corrected chi connectivity index (χ1v) is 9.28. The van der Waals surface area contributed by atoms with Gasteiger partial charge >= 0.3 is 0 Å². The first kappa shape index (κ1) is 18.5. The molecule has 0 radical (unpaired) electrons. The van der Waals surface area contributed by atoms with Crippen LogP contribution in [0, 0.1) is 0 Å². The lowest BCUT2D eigenvalue weighted by atomic mass is 10.2. The average molecular weight is 326 g/mol. The molecule has 1 unspecified atom stereocenters. The summed E-state index contributed by atoms with van der Waals surface area (Å²) < 4.78 is 11.1. The predicted octanol–water partition coefficient (Wildman–Crippen LogP) is 1.18. The van der Waals surface area contributed by atoms with E-state index in [1.165, 1.54) is 12.8 Å². The van der Waals surface area contributed by atoms with Crippen LogP contribution in [0.2, 0.25) is 0 Å². The Labute approximate surface area is 141 Å². The van der Waals surface area contributed by atoms with Gasteiger partial charge in [0.2, 0.25) is 0 Å². The Kier molecular flexibility index (Phi) is 8.71. The maximum absolute atomic E-state index is 5.61. The molecule has 0 aromatic heterocycles. The molecule has 23 heavy (non-hydrogen) atoms. The van der Waals surface area contributed by atoms with Crippen molar-refractivity contribution >= 4 is 5.96 Å². The number of hydrogen-bond donors (Lipinski definition) is 1. The van der Waals surface area contributed by atoms with Gasteiger partial charge in [-0.2, -0.15) is 0 Å². The summed E-state index contributed by atoms with van der Waals surface area (Å²) in [5.74, 6) is 1.04. The van der Waals surface area contributed by atoms with E-state index >= 15 is 0 Å². The van der Waals surface area contributed by atoms with Crippen LogP contribution in [0.15, 0.2) is 4.99 Å². The van der Waals surface area contributed by atoms with Gasteiger partial charge in [-0.15, -0.1) is 0 Å². The quantitative estimate of drug-likeness (QED) is 0.412. The zero-order valence-corrected chi connectivity index (χ0v) is 14.9. The Hall–Kier alpha value is -0.850. The highest BCUT2D eigenvalue weighted by molar-refractivity contribution is 5.80. The fourth-order valence-corrected chi connectivity index (χ4v) is 3.17. The number of ether oxygens (including phenoxy) is 2. The number of guanidine groups is 1. The Balaban J connectivity index is 1.76. The zero-order chi connectivity index (χ0) is 16.3. The Morgan fingerprint density at radius 2 is 2.04 bits per heavy atom. The molecule has 2 aliphatic rings. The molecular weight excluding hydrogens is 292 g/mol. The normalized spacial score (nSPS) is 23.5. The molecule has 6 heteroatoms. The van der Waals surface area contributed by atoms with Crippen LogP contribution in [0.5, 0.6) is 0 Å². The zero-order valence-electron chi connectivity index (χ0n) is 14.9. The van der Waals surface area contributed by atoms with E-state index in [0.29, 0.717) is 6.04 Å². The minimum absolute atomic E-state index is 0.642. The lowest BCUT2D eigenvalue weighted by molar-refractivity contribution is 0.0195. The van der Waals surface area contributed by atoms with Crippen molar-refractivity contribution in [2.75, 3.05) is 65.7 Å². The second kappa shape index (κ2) is 10.8. The van der Waals surface area contributed by atoms with Gasteiger partial charge in [0.25, 0.3) is 0 Å². The van der Waals surface area contributed by atoms with Crippen molar-refractivity contribution < 1.29 is 9.47 Å². The molecule has 1 atom stereocenters. The van der Waals surface area contributed by atoms with Crippen molar-refractivity contribution in [2.45, 2.75) is 39.2 Å². The first-order chi connectivity index (χ1) is 11.3. The molecule has 0 amide bonds. The number of unbranched alkanes of at least 4 members (excludes halogenated alkanes) is 1. The molecule has 2 aliphatic heterocycles. The highest BCUT2D eigenvalue weighted by atomic mass is 16.5. The molecule has 0 aromatic rings. The van der Waals surface area contributed by atoms with E-state index in [1.54, 1.807) is 0 Å². The second-order valence-corrected chi connectivity index (χ2v) is 6.24. The van der Waals surface area contributed by atoms with Gasteiger partial charge in [0.05, 0.1) is 26.4 Å². The average Bonchev–Trinajstić information content (AvgIpc) is 3.08. The van der Waals surface area contributed by atoms with Gasteiger partial charge in [0.15, 0.2) is 5.96 Å². The highest BCUT2D eigenvalue weighted by Crippen LogP contribution is 2.17. The molecule has 2 saturated heterocycles. The smallest absolute Gasteiger partial charge is 0.194 e. The van der Waals surface area contributed by atoms with Crippen molar-refractivity contribution in [1.29, 1.82) is 0 Å². The van der Waals surface area contributed by atoms with Gasteiger partial charge in [0.1, 0.15) is 0 Å². The van der Waals surface area contributed by atoms with Crippen LogP contribution < -0.4 is 5.32 Å². The number of nitrogens with zero attached hydrogens (tertiary/aromatic N) is 3. The number of likely N-dealkylation sites (tertiary alicyclic amines) is 1. The molecule has 1 N–H and O–H groups in total. The maximum atomic E-state index is 5.61. The van der Waals surface area contributed by atoms with Crippen molar-refractivity contribution in [3.63, 3.8) is 0 Å². The SMILES string of the molecule is CCCCOCCN=C(NCC)N1CCC(N2CCOCC2)C1. The first-order valence-electron chi connectivity index (χ1n) is 9.28. The van der Waals surface area contributed by atoms with Gasteiger partial charge in [-0.05, 0) is 19.8 Å². The van der Waals surface area contributed by atoms with E-state index in [4.69, 9.17) is 14.5 Å². The lowest BCUT2D eigenvalue weighted by Gasteiger charge is -2.32. The van der Waals surface area contributed by atoms with Crippen molar-refractivity contribution in [1.82, 2.24) is 15.1 Å². The number of morpholine rings is 1. The van der Waals surface area contributed by atoms with E-state index in [-0.39, 0.29) is 0 Å². The van der Waals surface area contributed by atoms with Crippen LogP contribution in [0.4, 0.5) is 0 Å². The van der Waals surface area contributed by atoms with Crippen LogP contribution in [-0.2, 0) is 9.47 Å². The standard InChI is InChI=1S/C17H34N4O2/c1-3-5-11-22-12-7-19-17(18-4-2)21-8-6-16(15-21)20-9-13-23-14-10-20/h16H,3-15H2,1-2H3,(H,18,19). The largest absolute Gasteiger partial charge is 0.380 e. The molecule has 2 heterocycles. The summed E-state index contributed by atoms with van der Waals surface area (Å²) in [4.78, 5) is 9.70. The topological polar surface area (TPSA) is 49.3 Å². The molecule has 0 spiro atoms. The second-order valence-electron chi connectivity index (χ2n) is 6.24. The molecule has 0 aliphatic carbocycles. The maximum Gasteiger partial charge on any atom is 0.194 e. The Bertz CT molecular complexity index is 345. The van der Waals surface area contributed by atoms with Gasteiger partial charge in [0, 0.05) is 45.4 Å². The highest BCUT2D eigenvalue weighted by Gasteiger charge is 2.30. The summed E-state index contributed by atoms with van der Waals surface area (Å²) in [5, 5.41) is 3.43. The molecule has 2 rings (SSSR count). The van der Waals surface area contributed by atoms with Crippen LogP contribution >= 0.6 is 0 Å². The monoisotopic (exact) mass is 326 g/mol. The fraction of sp³-hybridized carbons (Fsp3) is 0.941. The minimum atomic E-state index is 0.642. The Morgan fingerprint density at radius 3 is 2.78 bits per heavy atom. The van der Waals surface area contributed by atoms with E-state index < -0.39 is 0 Å². The molecule has 0 saturated carbocycles. The minimum Gasteiger partial charge on any atom is -0.380 e. The lowest BCUT2D eigenvalue weighted by Crippen LogP contribution is -2.46. The Morgan fingerprint density at radius 1 is 1.22 bits per heavy atom. The number of hydrogen-bond acceptors (Lipinski definition) is 4.